The van der Waals surface area contributed by atoms with Gasteiger partial charge in [0.25, 0.3) is 0 Å². The first-order chi connectivity index (χ1) is 17.7. The molecule has 0 aliphatic carbocycles. The van der Waals surface area contributed by atoms with E-state index in [1.807, 2.05) is 74.6 Å². The van der Waals surface area contributed by atoms with Gasteiger partial charge < -0.3 is 25.2 Å². The molecule has 0 aliphatic rings. The number of benzene rings is 1. The largest absolute Gasteiger partial charge is 0.478 e. The number of carbonyl (C=O) groups is 3. The van der Waals surface area contributed by atoms with Crippen LogP contribution < -0.4 is 10.6 Å². The molecule has 0 fully saturated rings. The summed E-state index contributed by atoms with van der Waals surface area (Å²) in [6.07, 6.45) is 3.68. The van der Waals surface area contributed by atoms with Gasteiger partial charge in [0.2, 0.25) is 11.8 Å². The van der Waals surface area contributed by atoms with Gasteiger partial charge in [0, 0.05) is 42.2 Å². The van der Waals surface area contributed by atoms with E-state index in [0.29, 0.717) is 0 Å². The van der Waals surface area contributed by atoms with Gasteiger partial charge in [0.1, 0.15) is 6.04 Å². The Bertz CT molecular complexity index is 1240. The third-order valence-corrected chi connectivity index (χ3v) is 7.66. The Labute approximate surface area is 233 Å². The SMILES string of the molecule is CN[C@H](C(=O)N[C@H](C(=O)N(C)[C@H](C=C(C)C(=O)O)C(C)(C)C)C(C)(C)C)C(C)(C)c1cn(C)c2ccccc12. The minimum Gasteiger partial charge on any atom is -0.478 e. The number of fused-ring (bicyclic) bond motifs is 1. The second-order valence-corrected chi connectivity index (χ2v) is 13.3. The van der Waals surface area contributed by atoms with Gasteiger partial charge in [-0.2, -0.15) is 0 Å². The lowest BCUT2D eigenvalue weighted by Crippen LogP contribution is -2.62. The van der Waals surface area contributed by atoms with Crippen molar-refractivity contribution < 1.29 is 19.5 Å². The third-order valence-electron chi connectivity index (χ3n) is 7.66. The number of carboxylic acids is 1. The van der Waals surface area contributed by atoms with Crippen LogP contribution in [0.2, 0.25) is 0 Å². The summed E-state index contributed by atoms with van der Waals surface area (Å²) in [6, 6.07) is 6.15. The highest BCUT2D eigenvalue weighted by Gasteiger charge is 2.43. The van der Waals surface area contributed by atoms with Crippen molar-refractivity contribution >= 4 is 28.7 Å². The Morgan fingerprint density at radius 3 is 2.03 bits per heavy atom. The molecule has 0 unspecified atom stereocenters. The van der Waals surface area contributed by atoms with Gasteiger partial charge in [-0.05, 0) is 36.4 Å². The molecule has 3 atom stereocenters. The number of nitrogens with zero attached hydrogens (tertiary/aromatic N) is 2. The number of hydrogen-bond donors (Lipinski definition) is 3. The van der Waals surface area contributed by atoms with Crippen molar-refractivity contribution in [3.63, 3.8) is 0 Å². The van der Waals surface area contributed by atoms with Gasteiger partial charge in [0.05, 0.1) is 12.1 Å². The Morgan fingerprint density at radius 1 is 0.974 bits per heavy atom. The molecule has 39 heavy (non-hydrogen) atoms. The number of aliphatic carboxylic acids is 1. The van der Waals surface area contributed by atoms with Crippen LogP contribution in [0.25, 0.3) is 10.9 Å². The Morgan fingerprint density at radius 2 is 1.54 bits per heavy atom. The second kappa shape index (κ2) is 11.5. The molecule has 0 spiro atoms. The van der Waals surface area contributed by atoms with Crippen LogP contribution >= 0.6 is 0 Å². The van der Waals surface area contributed by atoms with E-state index in [4.69, 9.17) is 0 Å². The van der Waals surface area contributed by atoms with E-state index in [1.165, 1.54) is 6.92 Å². The van der Waals surface area contributed by atoms with Gasteiger partial charge >= 0.3 is 5.97 Å². The first kappa shape index (κ1) is 32.1. The number of rotatable bonds is 9. The molecule has 216 valence electrons. The maximum Gasteiger partial charge on any atom is 0.331 e. The Hall–Kier alpha value is -3.13. The van der Waals surface area contributed by atoms with Crippen molar-refractivity contribution in [2.75, 3.05) is 14.1 Å². The summed E-state index contributed by atoms with van der Waals surface area (Å²) in [6.45, 7) is 17.2. The fourth-order valence-corrected chi connectivity index (χ4v) is 5.30. The van der Waals surface area contributed by atoms with E-state index >= 15 is 0 Å². The van der Waals surface area contributed by atoms with Crippen LogP contribution in [0.15, 0.2) is 42.1 Å². The number of carbonyl (C=O) groups excluding carboxylic acids is 2. The van der Waals surface area contributed by atoms with Crippen LogP contribution in [-0.2, 0) is 26.8 Å². The summed E-state index contributed by atoms with van der Waals surface area (Å²) in [4.78, 5) is 41.0. The monoisotopic (exact) mass is 540 g/mol. The van der Waals surface area contributed by atoms with E-state index in [2.05, 4.69) is 33.5 Å². The van der Waals surface area contributed by atoms with Crippen molar-refractivity contribution in [3.8, 4) is 0 Å². The quantitative estimate of drug-likeness (QED) is 0.407. The molecule has 2 rings (SSSR count). The summed E-state index contributed by atoms with van der Waals surface area (Å²) >= 11 is 0. The smallest absolute Gasteiger partial charge is 0.331 e. The van der Waals surface area contributed by atoms with Gasteiger partial charge in [-0.1, -0.05) is 79.7 Å². The summed E-state index contributed by atoms with van der Waals surface area (Å²) in [5.41, 5.74) is 0.643. The topological polar surface area (TPSA) is 104 Å². The van der Waals surface area contributed by atoms with Gasteiger partial charge in [-0.3, -0.25) is 9.59 Å². The highest BCUT2D eigenvalue weighted by atomic mass is 16.4. The summed E-state index contributed by atoms with van der Waals surface area (Å²) in [5, 5.41) is 16.8. The van der Waals surface area contributed by atoms with E-state index in [0.717, 1.165) is 16.5 Å². The zero-order valence-electron chi connectivity index (χ0n) is 25.8. The van der Waals surface area contributed by atoms with E-state index in [1.54, 1.807) is 25.1 Å². The normalized spacial score (nSPS) is 15.5. The van der Waals surface area contributed by atoms with Crippen LogP contribution in [-0.4, -0.2) is 64.6 Å². The first-order valence-corrected chi connectivity index (χ1v) is 13.5. The lowest BCUT2D eigenvalue weighted by atomic mass is 9.76. The van der Waals surface area contributed by atoms with E-state index < -0.39 is 40.3 Å². The molecular formula is C31H48N4O4. The number of para-hydroxylation sites is 1. The van der Waals surface area contributed by atoms with Crippen molar-refractivity contribution in [2.24, 2.45) is 17.9 Å². The number of aromatic nitrogens is 1. The number of amides is 2. The van der Waals surface area contributed by atoms with Crippen molar-refractivity contribution in [2.45, 2.75) is 85.9 Å². The highest BCUT2D eigenvalue weighted by Crippen LogP contribution is 2.35. The maximum absolute atomic E-state index is 14.0. The van der Waals surface area contributed by atoms with Crippen LogP contribution in [0.1, 0.15) is 67.9 Å². The number of carboxylic acid groups (broad SMARTS) is 1. The van der Waals surface area contributed by atoms with Crippen LogP contribution in [0.3, 0.4) is 0 Å². The van der Waals surface area contributed by atoms with Crippen LogP contribution in [0, 0.1) is 10.8 Å². The molecule has 2 aromatic rings. The summed E-state index contributed by atoms with van der Waals surface area (Å²) < 4.78 is 2.06. The number of aryl methyl sites for hydroxylation is 1. The lowest BCUT2D eigenvalue weighted by Gasteiger charge is -2.42. The Balaban J connectivity index is 2.47. The molecule has 2 amide bonds. The fourth-order valence-electron chi connectivity index (χ4n) is 5.30. The molecule has 0 saturated heterocycles. The minimum absolute atomic E-state index is 0.165. The molecule has 3 N–H and O–H groups in total. The average molecular weight is 541 g/mol. The molecule has 1 aromatic heterocycles. The minimum atomic E-state index is -1.03. The van der Waals surface area contributed by atoms with Gasteiger partial charge in [-0.15, -0.1) is 0 Å². The van der Waals surface area contributed by atoms with Gasteiger partial charge in [0.15, 0.2) is 0 Å². The van der Waals surface area contributed by atoms with Crippen molar-refractivity contribution in [1.82, 2.24) is 20.1 Å². The number of hydrogen-bond acceptors (Lipinski definition) is 4. The molecule has 0 bridgehead atoms. The van der Waals surface area contributed by atoms with E-state index in [-0.39, 0.29) is 17.4 Å². The molecule has 8 heteroatoms. The molecule has 1 aromatic carbocycles. The van der Waals surface area contributed by atoms with Crippen molar-refractivity contribution in [1.29, 1.82) is 0 Å². The summed E-state index contributed by atoms with van der Waals surface area (Å²) in [7, 11) is 5.42. The predicted molar refractivity (Wildman–Crippen MR) is 158 cm³/mol. The molecular weight excluding hydrogens is 492 g/mol. The zero-order valence-corrected chi connectivity index (χ0v) is 25.8. The molecule has 8 nitrogen and oxygen atoms in total. The van der Waals surface area contributed by atoms with Gasteiger partial charge in [-0.25, -0.2) is 4.79 Å². The predicted octanol–water partition coefficient (Wildman–Crippen LogP) is 4.48. The zero-order chi connectivity index (χ0) is 30.1. The highest BCUT2D eigenvalue weighted by molar-refractivity contribution is 5.93. The third kappa shape index (κ3) is 6.90. The van der Waals surface area contributed by atoms with E-state index in [9.17, 15) is 19.5 Å². The molecule has 1 heterocycles. The fraction of sp³-hybridized carbons (Fsp3) is 0.581. The van der Waals surface area contributed by atoms with Crippen LogP contribution in [0.5, 0.6) is 0 Å². The summed E-state index contributed by atoms with van der Waals surface area (Å²) in [5.74, 6) is -1.58. The Kier molecular flexibility index (Phi) is 9.50. The average Bonchev–Trinajstić information content (AvgIpc) is 3.16. The number of likely N-dealkylation sites (N-methyl/N-ethyl adjacent to an activating group) is 2. The number of nitrogens with one attached hydrogen (secondary N) is 2. The maximum atomic E-state index is 14.0. The lowest BCUT2D eigenvalue weighted by molar-refractivity contribution is -0.141. The second-order valence-electron chi connectivity index (χ2n) is 13.3. The molecule has 0 radical (unpaired) electrons. The van der Waals surface area contributed by atoms with Crippen LogP contribution in [0.4, 0.5) is 0 Å². The molecule has 0 saturated carbocycles. The first-order valence-electron chi connectivity index (χ1n) is 13.5. The van der Waals surface area contributed by atoms with Crippen molar-refractivity contribution in [3.05, 3.63) is 47.7 Å². The standard InChI is InChI=1S/C31H48N4O4/c1-19(28(38)39)17-23(29(2,3)4)35(12)27(37)25(30(5,6)7)33-26(36)24(32-10)31(8,9)21-18-34(11)22-16-14-13-15-20(21)22/h13-18,23-25,32H,1-12H3,(H,33,36)(H,38,39)/t23-,24-,25-/m1/s1. The molecule has 0 aliphatic heterocycles.